The van der Waals surface area contributed by atoms with Crippen molar-refractivity contribution in [2.24, 2.45) is 12.0 Å². The number of piperazine rings is 1. The first-order valence-corrected chi connectivity index (χ1v) is 16.7. The maximum absolute atomic E-state index is 14.8. The van der Waals surface area contributed by atoms with E-state index in [4.69, 9.17) is 5.11 Å². The number of fused-ring (bicyclic) bond motifs is 2. The summed E-state index contributed by atoms with van der Waals surface area (Å²) < 4.78 is 16.1. The molecule has 0 bridgehead atoms. The molecule has 5 heterocycles. The van der Waals surface area contributed by atoms with Crippen molar-refractivity contribution in [3.63, 3.8) is 0 Å². The van der Waals surface area contributed by atoms with Gasteiger partial charge < -0.3 is 20.1 Å². The number of aromatic amines is 2. The van der Waals surface area contributed by atoms with E-state index in [0.29, 0.717) is 61.6 Å². The molecule has 16 nitrogen and oxygen atoms in total. The topological polar surface area (TPSA) is 214 Å². The number of carboxylic acids is 2. The highest BCUT2D eigenvalue weighted by Crippen LogP contribution is 2.42. The molecule has 6 rings (SSSR count). The van der Waals surface area contributed by atoms with Gasteiger partial charge in [0.05, 0.1) is 6.34 Å². The number of aliphatic carboxylic acids is 1. The molecule has 252 valence electrons. The van der Waals surface area contributed by atoms with Crippen molar-refractivity contribution in [3.05, 3.63) is 77.5 Å². The Labute approximate surface area is 278 Å². The molecule has 2 saturated heterocycles. The number of carbonyl (C=O) groups is 3. The van der Waals surface area contributed by atoms with Gasteiger partial charge in [-0.1, -0.05) is 11.8 Å². The number of pyridine rings is 1. The van der Waals surface area contributed by atoms with Crippen LogP contribution in [-0.4, -0.2) is 124 Å². The standard InChI is InChI=1S/C29H29FN8O8S2/c1-35-29(33-23(40)24(41)34-35)48-12-15-11-47-26-20(25(42)38(26)21(15)28(45)46)32-13-37-6-4-36(5-7-37)3-2-14-8-19-16(9-18(14)30)22(39)17(10-31-19)27(43)44/h8-10,13,20,26H,2-7,11-12H2,1H3,(H,31,39)(H,34,41)(H,43,44)(H,45,46)/b32-13-/t20-,26-/m0/s1. The number of thioether (sulfide) groups is 2. The molecule has 2 atom stereocenters. The first-order valence-electron chi connectivity index (χ1n) is 14.7. The Kier molecular flexibility index (Phi) is 9.26. The normalized spacial score (nSPS) is 20.0. The molecule has 1 aromatic carbocycles. The van der Waals surface area contributed by atoms with Gasteiger partial charge in [-0.15, -0.1) is 11.8 Å². The predicted molar refractivity (Wildman–Crippen MR) is 174 cm³/mol. The molecular formula is C29H29FN8O8S2. The molecule has 3 aromatic rings. The molecule has 0 saturated carbocycles. The zero-order chi connectivity index (χ0) is 34.3. The van der Waals surface area contributed by atoms with Crippen LogP contribution in [-0.2, 0) is 23.1 Å². The number of aromatic nitrogens is 4. The van der Waals surface area contributed by atoms with Crippen molar-refractivity contribution in [1.29, 1.82) is 0 Å². The Hall–Kier alpha value is -4.75. The molecule has 0 aliphatic carbocycles. The Morgan fingerprint density at radius 3 is 2.60 bits per heavy atom. The SMILES string of the molecule is Cn1[nH]c(=O)c(=O)nc1SCC1=C(C(=O)O)N2C(=O)[C@H](/N=C\N3CCN(CCc4cc5[nH]cc(C(=O)O)c(=O)c5cc4F)CC3)[C@@H]2SC1. The van der Waals surface area contributed by atoms with Crippen LogP contribution in [0.4, 0.5) is 4.39 Å². The van der Waals surface area contributed by atoms with Crippen LogP contribution < -0.4 is 16.5 Å². The summed E-state index contributed by atoms with van der Waals surface area (Å²) in [6.07, 6.45) is 3.11. The van der Waals surface area contributed by atoms with E-state index in [1.165, 1.54) is 34.5 Å². The van der Waals surface area contributed by atoms with Gasteiger partial charge in [0.25, 0.3) is 5.91 Å². The molecule has 0 radical (unpaired) electrons. The lowest BCUT2D eigenvalue weighted by Crippen LogP contribution is -2.64. The number of aromatic carboxylic acids is 1. The molecule has 48 heavy (non-hydrogen) atoms. The summed E-state index contributed by atoms with van der Waals surface area (Å²) in [7, 11) is 1.51. The van der Waals surface area contributed by atoms with Gasteiger partial charge in [0, 0.05) is 68.4 Å². The number of halogens is 1. The van der Waals surface area contributed by atoms with E-state index in [1.807, 2.05) is 4.90 Å². The van der Waals surface area contributed by atoms with Crippen LogP contribution in [0, 0.1) is 5.82 Å². The number of aliphatic imine (C=N–C) groups is 1. The number of carboxylic acid groups (broad SMARTS) is 2. The van der Waals surface area contributed by atoms with E-state index >= 15 is 0 Å². The lowest BCUT2D eigenvalue weighted by atomic mass is 10.0. The van der Waals surface area contributed by atoms with Crippen molar-refractivity contribution in [1.82, 2.24) is 34.4 Å². The van der Waals surface area contributed by atoms with Crippen molar-refractivity contribution < 1.29 is 29.0 Å². The van der Waals surface area contributed by atoms with E-state index in [-0.39, 0.29) is 22.0 Å². The summed E-state index contributed by atoms with van der Waals surface area (Å²) in [5.74, 6) is -3.14. The Balaban J connectivity index is 1.02. The highest BCUT2D eigenvalue weighted by atomic mass is 32.2. The molecule has 2 aromatic heterocycles. The maximum Gasteiger partial charge on any atom is 0.352 e. The highest BCUT2D eigenvalue weighted by molar-refractivity contribution is 8.01. The van der Waals surface area contributed by atoms with Crippen LogP contribution in [0.1, 0.15) is 15.9 Å². The maximum atomic E-state index is 14.8. The van der Waals surface area contributed by atoms with Crippen LogP contribution in [0.2, 0.25) is 0 Å². The second-order valence-corrected chi connectivity index (χ2v) is 13.4. The summed E-state index contributed by atoms with van der Waals surface area (Å²) in [5.41, 5.74) is -1.86. The van der Waals surface area contributed by atoms with Gasteiger partial charge in [0.1, 0.15) is 22.5 Å². The van der Waals surface area contributed by atoms with Crippen molar-refractivity contribution >= 4 is 58.6 Å². The monoisotopic (exact) mass is 700 g/mol. The summed E-state index contributed by atoms with van der Waals surface area (Å²) in [6, 6.07) is 1.87. The van der Waals surface area contributed by atoms with Gasteiger partial charge in [-0.05, 0) is 29.7 Å². The van der Waals surface area contributed by atoms with Crippen LogP contribution in [0.25, 0.3) is 10.9 Å². The molecular weight excluding hydrogens is 671 g/mol. The fraction of sp³-hybridized carbons (Fsp3) is 0.379. The lowest BCUT2D eigenvalue weighted by Gasteiger charge is -2.48. The third-order valence-electron chi connectivity index (χ3n) is 8.32. The minimum atomic E-state index is -1.38. The summed E-state index contributed by atoms with van der Waals surface area (Å²) in [6.45, 7) is 3.09. The molecule has 1 amide bonds. The zero-order valence-electron chi connectivity index (χ0n) is 25.3. The van der Waals surface area contributed by atoms with E-state index in [2.05, 4.69) is 25.0 Å². The number of rotatable bonds is 10. The third kappa shape index (κ3) is 6.39. The molecule has 3 aliphatic rings. The number of carbonyl (C=O) groups excluding carboxylic acids is 1. The molecule has 2 fully saturated rings. The van der Waals surface area contributed by atoms with Gasteiger partial charge >= 0.3 is 23.1 Å². The average molecular weight is 701 g/mol. The third-order valence-corrected chi connectivity index (χ3v) is 10.8. The van der Waals surface area contributed by atoms with Crippen LogP contribution >= 0.6 is 23.5 Å². The number of β-lactam (4-membered cyclic amide) rings is 1. The van der Waals surface area contributed by atoms with Crippen molar-refractivity contribution in [2.45, 2.75) is 23.0 Å². The number of benzene rings is 1. The number of amides is 1. The van der Waals surface area contributed by atoms with Gasteiger partial charge in [-0.25, -0.2) is 14.0 Å². The minimum absolute atomic E-state index is 0.0207. The number of nitrogens with one attached hydrogen (secondary N) is 2. The van der Waals surface area contributed by atoms with Gasteiger partial charge in [-0.3, -0.25) is 43.8 Å². The largest absolute Gasteiger partial charge is 0.477 e. The Morgan fingerprint density at radius 1 is 1.15 bits per heavy atom. The number of H-pyrrole nitrogens is 2. The summed E-state index contributed by atoms with van der Waals surface area (Å²) >= 11 is 2.48. The molecule has 0 unspecified atom stereocenters. The van der Waals surface area contributed by atoms with E-state index in [1.54, 1.807) is 6.34 Å². The van der Waals surface area contributed by atoms with Gasteiger partial charge in [-0.2, -0.15) is 4.98 Å². The van der Waals surface area contributed by atoms with Crippen LogP contribution in [0.5, 0.6) is 0 Å². The fourth-order valence-electron chi connectivity index (χ4n) is 5.70. The summed E-state index contributed by atoms with van der Waals surface area (Å²) in [4.78, 5) is 88.3. The number of aryl methyl sites for hydroxylation is 1. The Morgan fingerprint density at radius 2 is 1.90 bits per heavy atom. The smallest absolute Gasteiger partial charge is 0.352 e. The quantitative estimate of drug-likeness (QED) is 0.0707. The zero-order valence-corrected chi connectivity index (χ0v) is 27.0. The second-order valence-electron chi connectivity index (χ2n) is 11.3. The fourth-order valence-corrected chi connectivity index (χ4v) is 8.10. The average Bonchev–Trinajstić information content (AvgIpc) is 3.05. The number of nitrogens with zero attached hydrogens (tertiary/aromatic N) is 6. The van der Waals surface area contributed by atoms with E-state index in [0.717, 1.165) is 24.0 Å². The first-order chi connectivity index (χ1) is 22.9. The van der Waals surface area contributed by atoms with Crippen molar-refractivity contribution in [2.75, 3.05) is 44.2 Å². The summed E-state index contributed by atoms with van der Waals surface area (Å²) in [5, 5.41) is 21.2. The molecule has 3 aliphatic heterocycles. The first kappa shape index (κ1) is 33.2. The molecule has 0 spiro atoms. The predicted octanol–water partition coefficient (Wildman–Crippen LogP) is -0.249. The van der Waals surface area contributed by atoms with E-state index in [9.17, 15) is 38.3 Å². The van der Waals surface area contributed by atoms with Crippen LogP contribution in [0.15, 0.2) is 54.1 Å². The number of hydrogen-bond acceptors (Lipinski definition) is 11. The second kappa shape index (κ2) is 13.4. The van der Waals surface area contributed by atoms with Gasteiger partial charge in [0.2, 0.25) is 5.43 Å². The van der Waals surface area contributed by atoms with E-state index < -0.39 is 57.2 Å². The lowest BCUT2D eigenvalue weighted by molar-refractivity contribution is -0.147. The number of hydrogen-bond donors (Lipinski definition) is 4. The van der Waals surface area contributed by atoms with Crippen LogP contribution in [0.3, 0.4) is 0 Å². The van der Waals surface area contributed by atoms with Gasteiger partial charge in [0.15, 0.2) is 11.2 Å². The molecule has 4 N–H and O–H groups in total. The van der Waals surface area contributed by atoms with Crippen molar-refractivity contribution in [3.8, 4) is 0 Å². The Bertz CT molecular complexity index is 2070. The highest BCUT2D eigenvalue weighted by Gasteiger charge is 2.53. The minimum Gasteiger partial charge on any atom is -0.477 e. The molecule has 19 heteroatoms.